The smallest absolute Gasteiger partial charge is 0.272 e. The van der Waals surface area contributed by atoms with E-state index in [-0.39, 0.29) is 18.2 Å². The number of hydrogen-bond acceptors (Lipinski definition) is 5. The maximum absolute atomic E-state index is 13.2. The van der Waals surface area contributed by atoms with Crippen LogP contribution in [0.2, 0.25) is 5.02 Å². The fraction of sp³-hybridized carbons (Fsp3) is 0.0357. The lowest BCUT2D eigenvalue weighted by atomic mass is 10.0. The molecule has 0 spiro atoms. The second-order valence-electron chi connectivity index (χ2n) is 8.70. The van der Waals surface area contributed by atoms with Crippen LogP contribution in [-0.2, 0) is 11.2 Å². The third-order valence-electron chi connectivity index (χ3n) is 6.22. The first kappa shape index (κ1) is 23.4. The molecule has 186 valence electrons. The number of halogens is 1. The van der Waals surface area contributed by atoms with Crippen molar-refractivity contribution in [2.45, 2.75) is 6.42 Å². The molecule has 2 amide bonds. The molecule has 2 aromatic heterocycles. The molecule has 2 heterocycles. The Morgan fingerprint density at radius 3 is 2.53 bits per heavy atom. The van der Waals surface area contributed by atoms with Crippen LogP contribution in [0, 0.1) is 0 Å². The maximum Gasteiger partial charge on any atom is 0.272 e. The number of aromatic nitrogens is 5. The van der Waals surface area contributed by atoms with Gasteiger partial charge in [0.05, 0.1) is 23.3 Å². The molecule has 4 aromatic carbocycles. The molecule has 0 radical (unpaired) electrons. The number of nitrogens with zero attached hydrogens (tertiary/aromatic N) is 3. The van der Waals surface area contributed by atoms with Gasteiger partial charge in [0.1, 0.15) is 5.69 Å². The number of tetrazole rings is 1. The van der Waals surface area contributed by atoms with Gasteiger partial charge in [-0.1, -0.05) is 66.2 Å². The highest BCUT2D eigenvalue weighted by atomic mass is 35.5. The Hall–Kier alpha value is -5.02. The van der Waals surface area contributed by atoms with Gasteiger partial charge in [0.25, 0.3) is 5.91 Å². The number of nitrogens with one attached hydrogen (secondary N) is 4. The summed E-state index contributed by atoms with van der Waals surface area (Å²) in [5.41, 5.74) is 3.51. The maximum atomic E-state index is 13.2. The first-order chi connectivity index (χ1) is 18.5. The second kappa shape index (κ2) is 9.79. The fourth-order valence-corrected chi connectivity index (χ4v) is 4.64. The number of H-pyrrole nitrogens is 2. The Labute approximate surface area is 221 Å². The molecule has 6 aromatic rings. The van der Waals surface area contributed by atoms with Crippen LogP contribution in [0.15, 0.2) is 84.9 Å². The Morgan fingerprint density at radius 2 is 1.66 bits per heavy atom. The highest BCUT2D eigenvalue weighted by Crippen LogP contribution is 2.30. The summed E-state index contributed by atoms with van der Waals surface area (Å²) in [5, 5.41) is 23.2. The quantitative estimate of drug-likeness (QED) is 0.227. The number of amides is 2. The van der Waals surface area contributed by atoms with Gasteiger partial charge in [-0.05, 0) is 51.9 Å². The highest BCUT2D eigenvalue weighted by molar-refractivity contribution is 6.31. The molecule has 4 N–H and O–H groups in total. The molecule has 0 aliphatic heterocycles. The molecular weight excluding hydrogens is 502 g/mol. The lowest BCUT2D eigenvalue weighted by Gasteiger charge is -2.09. The molecule has 0 fully saturated rings. The van der Waals surface area contributed by atoms with Crippen LogP contribution in [0.1, 0.15) is 16.1 Å². The number of carbonyl (C=O) groups is 2. The number of aromatic amines is 2. The molecule has 9 nitrogen and oxygen atoms in total. The lowest BCUT2D eigenvalue weighted by molar-refractivity contribution is -0.115. The Morgan fingerprint density at radius 1 is 0.842 bits per heavy atom. The predicted molar refractivity (Wildman–Crippen MR) is 147 cm³/mol. The molecule has 10 heteroatoms. The average Bonchev–Trinajstić information content (AvgIpc) is 3.61. The van der Waals surface area contributed by atoms with Gasteiger partial charge in [0.2, 0.25) is 11.7 Å². The van der Waals surface area contributed by atoms with Crippen molar-refractivity contribution in [1.29, 1.82) is 0 Å². The normalized spacial score (nSPS) is 11.1. The van der Waals surface area contributed by atoms with Crippen LogP contribution < -0.4 is 10.6 Å². The summed E-state index contributed by atoms with van der Waals surface area (Å²) in [7, 11) is 0. The minimum absolute atomic E-state index is 0.152. The van der Waals surface area contributed by atoms with Crippen molar-refractivity contribution in [3.05, 3.63) is 101 Å². The molecule has 0 bridgehead atoms. The van der Waals surface area contributed by atoms with E-state index in [1.165, 1.54) is 0 Å². The first-order valence-electron chi connectivity index (χ1n) is 11.8. The van der Waals surface area contributed by atoms with E-state index < -0.39 is 0 Å². The summed E-state index contributed by atoms with van der Waals surface area (Å²) in [5.74, 6) is -0.225. The van der Waals surface area contributed by atoms with Crippen molar-refractivity contribution >= 4 is 56.5 Å². The van der Waals surface area contributed by atoms with Crippen molar-refractivity contribution in [1.82, 2.24) is 25.6 Å². The van der Waals surface area contributed by atoms with Crippen molar-refractivity contribution in [2.24, 2.45) is 0 Å². The van der Waals surface area contributed by atoms with Crippen LogP contribution in [-0.4, -0.2) is 37.4 Å². The Kier molecular flexibility index (Phi) is 6.03. The first-order valence-corrected chi connectivity index (χ1v) is 12.2. The highest BCUT2D eigenvalue weighted by Gasteiger charge is 2.17. The van der Waals surface area contributed by atoms with Crippen molar-refractivity contribution in [2.75, 3.05) is 10.6 Å². The van der Waals surface area contributed by atoms with Gasteiger partial charge in [0.15, 0.2) is 0 Å². The van der Waals surface area contributed by atoms with Crippen molar-refractivity contribution < 1.29 is 9.59 Å². The van der Waals surface area contributed by atoms with Crippen LogP contribution in [0.5, 0.6) is 0 Å². The molecule has 0 atom stereocenters. The molecule has 0 saturated heterocycles. The Bertz CT molecular complexity index is 1810. The van der Waals surface area contributed by atoms with Gasteiger partial charge < -0.3 is 15.6 Å². The summed E-state index contributed by atoms with van der Waals surface area (Å²) < 4.78 is 0. The third-order valence-corrected chi connectivity index (χ3v) is 6.46. The summed E-state index contributed by atoms with van der Waals surface area (Å²) in [6.07, 6.45) is 0.223. The minimum atomic E-state index is -0.374. The topological polar surface area (TPSA) is 128 Å². The van der Waals surface area contributed by atoms with E-state index in [9.17, 15) is 9.59 Å². The summed E-state index contributed by atoms with van der Waals surface area (Å²) in [4.78, 5) is 29.3. The van der Waals surface area contributed by atoms with E-state index in [1.54, 1.807) is 30.3 Å². The standard InChI is InChI=1S/C28H20ClN7O2/c29-19-11-12-22(21(15-19)27-33-35-36-34-27)32-28(38)24-13-18-8-4-10-23(26(18)31-24)30-25(37)14-17-7-3-6-16-5-1-2-9-20(16)17/h1-13,15,31H,14H2,(H,30,37)(H,32,38)(H,33,34,35,36). The van der Waals surface area contributed by atoms with Gasteiger partial charge in [-0.3, -0.25) is 9.59 Å². The van der Waals surface area contributed by atoms with E-state index in [0.29, 0.717) is 39.0 Å². The lowest BCUT2D eigenvalue weighted by Crippen LogP contribution is -2.15. The molecule has 6 rings (SSSR count). The summed E-state index contributed by atoms with van der Waals surface area (Å²) >= 11 is 6.14. The number of benzene rings is 4. The number of para-hydroxylation sites is 1. The summed E-state index contributed by atoms with van der Waals surface area (Å²) in [6, 6.07) is 26.1. The zero-order valence-electron chi connectivity index (χ0n) is 19.8. The number of hydrogen-bond donors (Lipinski definition) is 4. The van der Waals surface area contributed by atoms with Crippen LogP contribution in [0.4, 0.5) is 11.4 Å². The minimum Gasteiger partial charge on any atom is -0.349 e. The van der Waals surface area contributed by atoms with Crippen LogP contribution in [0.25, 0.3) is 33.1 Å². The molecule has 0 aliphatic rings. The van der Waals surface area contributed by atoms with E-state index in [1.807, 2.05) is 54.6 Å². The summed E-state index contributed by atoms with van der Waals surface area (Å²) in [6.45, 7) is 0. The van der Waals surface area contributed by atoms with Gasteiger partial charge in [-0.2, -0.15) is 5.21 Å². The van der Waals surface area contributed by atoms with Gasteiger partial charge in [-0.15, -0.1) is 10.2 Å². The predicted octanol–water partition coefficient (Wildman–Crippen LogP) is 5.59. The molecule has 0 unspecified atom stereocenters. The second-order valence-corrected chi connectivity index (χ2v) is 9.13. The van der Waals surface area contributed by atoms with E-state index in [4.69, 9.17) is 11.6 Å². The number of anilines is 2. The van der Waals surface area contributed by atoms with Crippen molar-refractivity contribution in [3.63, 3.8) is 0 Å². The van der Waals surface area contributed by atoms with E-state index in [2.05, 4.69) is 36.2 Å². The van der Waals surface area contributed by atoms with Gasteiger partial charge in [0, 0.05) is 16.0 Å². The molecule has 0 saturated carbocycles. The largest absolute Gasteiger partial charge is 0.349 e. The molecular formula is C28H20ClN7O2. The third kappa shape index (κ3) is 4.58. The van der Waals surface area contributed by atoms with E-state index >= 15 is 0 Å². The zero-order chi connectivity index (χ0) is 26.1. The molecule has 0 aliphatic carbocycles. The van der Waals surface area contributed by atoms with Crippen molar-refractivity contribution in [3.8, 4) is 11.4 Å². The number of carbonyl (C=O) groups excluding carboxylic acids is 2. The monoisotopic (exact) mass is 521 g/mol. The SMILES string of the molecule is O=C(Cc1cccc2ccccc12)Nc1cccc2cc(C(=O)Nc3ccc(Cl)cc3-c3nn[nH]n3)[nH]c12. The van der Waals surface area contributed by atoms with Crippen LogP contribution >= 0.6 is 11.6 Å². The molecule has 38 heavy (non-hydrogen) atoms. The Balaban J connectivity index is 1.24. The average molecular weight is 522 g/mol. The fourth-order valence-electron chi connectivity index (χ4n) is 4.47. The van der Waals surface area contributed by atoms with Gasteiger partial charge in [-0.25, -0.2) is 0 Å². The van der Waals surface area contributed by atoms with E-state index in [0.717, 1.165) is 21.7 Å². The van der Waals surface area contributed by atoms with Gasteiger partial charge >= 0.3 is 0 Å². The number of rotatable bonds is 6. The number of fused-ring (bicyclic) bond motifs is 2. The zero-order valence-corrected chi connectivity index (χ0v) is 20.6. The van der Waals surface area contributed by atoms with Crippen LogP contribution in [0.3, 0.4) is 0 Å².